The van der Waals surface area contributed by atoms with Crippen LogP contribution in [0.5, 0.6) is 0 Å². The number of carbonyl (C=O) groups is 3. The Balaban J connectivity index is 4.38. The summed E-state index contributed by atoms with van der Waals surface area (Å²) in [6.07, 6.45) is 30.7. The van der Waals surface area contributed by atoms with Crippen LogP contribution in [0.3, 0.4) is 0 Å². The van der Waals surface area contributed by atoms with Crippen molar-refractivity contribution in [2.45, 2.75) is 167 Å². The molecule has 0 aliphatic heterocycles. The van der Waals surface area contributed by atoms with E-state index < -0.39 is 18.1 Å². The fraction of sp³-hybridized carbons (Fsp3) is 0.821. The van der Waals surface area contributed by atoms with Gasteiger partial charge in [0, 0.05) is 19.3 Å². The molecule has 0 aromatic carbocycles. The molecule has 2 unspecified atom stereocenters. The van der Waals surface area contributed by atoms with Gasteiger partial charge < -0.3 is 28.6 Å². The number of hydrogen-bond donors (Lipinski definition) is 0. The maximum atomic E-state index is 12.5. The Labute approximate surface area is 288 Å². The second kappa shape index (κ2) is 31.1. The molecule has 0 aliphatic rings. The highest BCUT2D eigenvalue weighted by molar-refractivity contribution is 5.70. The van der Waals surface area contributed by atoms with Crippen LogP contribution < -0.4 is 5.11 Å². The van der Waals surface area contributed by atoms with Gasteiger partial charge in [-0.05, 0) is 38.5 Å². The SMILES string of the molecule is CCCCCCCCC/C=C/C=C/CCCCCC(=O)OCC(COCCC(C(=O)[O-])[N+](C)(C)C)OC(=O)CCCCCCCCC. The molecule has 8 heteroatoms. The Morgan fingerprint density at radius 2 is 1.11 bits per heavy atom. The van der Waals surface area contributed by atoms with E-state index in [0.29, 0.717) is 12.8 Å². The van der Waals surface area contributed by atoms with Gasteiger partial charge in [0.05, 0.1) is 40.3 Å². The molecule has 0 aromatic heterocycles. The molecule has 0 fully saturated rings. The van der Waals surface area contributed by atoms with Crippen LogP contribution in [0, 0.1) is 0 Å². The van der Waals surface area contributed by atoms with Crippen molar-refractivity contribution in [1.29, 1.82) is 0 Å². The molecule has 0 aliphatic carbocycles. The standard InChI is InChI=1S/C39H71NO7/c1-6-8-10-12-14-15-16-17-18-19-20-21-22-24-25-27-29-37(41)46-34-35(33-45-32-31-36(39(43)44)40(3,4)5)47-38(42)30-28-26-23-13-11-9-7-2/h18-21,35-36H,6-17,22-34H2,1-5H3/b19-18+,21-20+. The predicted octanol–water partition coefficient (Wildman–Crippen LogP) is 8.02. The molecule has 0 aromatic rings. The van der Waals surface area contributed by atoms with Crippen molar-refractivity contribution in [3.8, 4) is 0 Å². The zero-order valence-electron chi connectivity index (χ0n) is 30.9. The number of carbonyl (C=O) groups excluding carboxylic acids is 3. The van der Waals surface area contributed by atoms with Crippen LogP contribution in [0.15, 0.2) is 24.3 Å². The number of carboxylic acid groups (broad SMARTS) is 1. The Morgan fingerprint density at radius 3 is 1.62 bits per heavy atom. The van der Waals surface area contributed by atoms with Gasteiger partial charge >= 0.3 is 11.9 Å². The minimum atomic E-state index is -1.13. The molecule has 0 spiro atoms. The number of hydrogen-bond acceptors (Lipinski definition) is 7. The third-order valence-electron chi connectivity index (χ3n) is 8.37. The van der Waals surface area contributed by atoms with Gasteiger partial charge in [0.1, 0.15) is 12.6 Å². The number of ether oxygens (including phenoxy) is 3. The van der Waals surface area contributed by atoms with E-state index in [0.717, 1.165) is 51.4 Å². The summed E-state index contributed by atoms with van der Waals surface area (Å²) in [7, 11) is 5.38. The van der Waals surface area contributed by atoms with E-state index in [1.54, 1.807) is 21.1 Å². The highest BCUT2D eigenvalue weighted by atomic mass is 16.6. The first-order valence-corrected chi connectivity index (χ1v) is 18.9. The second-order valence-corrected chi connectivity index (χ2v) is 13.8. The normalized spacial score (nSPS) is 13.3. The Kier molecular flexibility index (Phi) is 29.7. The van der Waals surface area contributed by atoms with Crippen LogP contribution in [-0.2, 0) is 28.6 Å². The first-order chi connectivity index (χ1) is 22.6. The van der Waals surface area contributed by atoms with Crippen molar-refractivity contribution in [3.05, 3.63) is 24.3 Å². The van der Waals surface area contributed by atoms with Gasteiger partial charge in [-0.3, -0.25) is 9.59 Å². The molecule has 0 radical (unpaired) electrons. The molecule has 0 rings (SSSR count). The van der Waals surface area contributed by atoms with Crippen molar-refractivity contribution < 1.29 is 38.2 Å². The lowest BCUT2D eigenvalue weighted by Crippen LogP contribution is -2.55. The molecular weight excluding hydrogens is 594 g/mol. The van der Waals surface area contributed by atoms with Crippen molar-refractivity contribution in [3.63, 3.8) is 0 Å². The lowest BCUT2D eigenvalue weighted by Gasteiger charge is -2.34. The second-order valence-electron chi connectivity index (χ2n) is 13.8. The summed E-state index contributed by atoms with van der Waals surface area (Å²) in [4.78, 5) is 36.5. The Hall–Kier alpha value is -2.19. The molecule has 0 heterocycles. The predicted molar refractivity (Wildman–Crippen MR) is 190 cm³/mol. The number of rotatable bonds is 33. The molecule has 8 nitrogen and oxygen atoms in total. The van der Waals surface area contributed by atoms with Crippen LogP contribution in [0.4, 0.5) is 0 Å². The molecule has 47 heavy (non-hydrogen) atoms. The van der Waals surface area contributed by atoms with Crippen LogP contribution in [0.1, 0.15) is 155 Å². The van der Waals surface area contributed by atoms with Crippen LogP contribution in [0.25, 0.3) is 0 Å². The minimum Gasteiger partial charge on any atom is -0.544 e. The largest absolute Gasteiger partial charge is 0.544 e. The van der Waals surface area contributed by atoms with Gasteiger partial charge in [-0.25, -0.2) is 0 Å². The zero-order chi connectivity index (χ0) is 35.0. The van der Waals surface area contributed by atoms with Gasteiger partial charge in [-0.2, -0.15) is 0 Å². The molecule has 0 bridgehead atoms. The first-order valence-electron chi connectivity index (χ1n) is 18.9. The molecule has 0 saturated heterocycles. The zero-order valence-corrected chi connectivity index (χ0v) is 30.9. The van der Waals surface area contributed by atoms with Crippen molar-refractivity contribution >= 4 is 17.9 Å². The lowest BCUT2D eigenvalue weighted by atomic mass is 10.1. The van der Waals surface area contributed by atoms with E-state index in [-0.39, 0.29) is 42.7 Å². The maximum Gasteiger partial charge on any atom is 0.306 e. The highest BCUT2D eigenvalue weighted by Gasteiger charge is 2.25. The Bertz CT molecular complexity index is 834. The third-order valence-corrected chi connectivity index (χ3v) is 8.37. The Morgan fingerprint density at radius 1 is 0.638 bits per heavy atom. The van der Waals surface area contributed by atoms with Crippen LogP contribution >= 0.6 is 0 Å². The summed E-state index contributed by atoms with van der Waals surface area (Å²) in [5.41, 5.74) is 0. The number of likely N-dealkylation sites (N-methyl/N-ethyl adjacent to an activating group) is 1. The van der Waals surface area contributed by atoms with Crippen LogP contribution in [0.2, 0.25) is 0 Å². The number of esters is 2. The van der Waals surface area contributed by atoms with E-state index in [1.807, 2.05) is 0 Å². The molecule has 0 N–H and O–H groups in total. The number of allylic oxidation sites excluding steroid dienone is 4. The molecule has 2 atom stereocenters. The van der Waals surface area contributed by atoms with Gasteiger partial charge in [0.15, 0.2) is 6.10 Å². The monoisotopic (exact) mass is 666 g/mol. The minimum absolute atomic E-state index is 0.0345. The number of quaternary nitrogens is 1. The molecule has 274 valence electrons. The smallest absolute Gasteiger partial charge is 0.306 e. The summed E-state index contributed by atoms with van der Waals surface area (Å²) in [6.45, 7) is 4.57. The van der Waals surface area contributed by atoms with E-state index in [2.05, 4.69) is 38.2 Å². The van der Waals surface area contributed by atoms with E-state index in [4.69, 9.17) is 14.2 Å². The number of unbranched alkanes of at least 4 members (excludes halogenated alkanes) is 16. The quantitative estimate of drug-likeness (QED) is 0.0303. The number of carboxylic acids is 1. The van der Waals surface area contributed by atoms with Gasteiger partial charge in [-0.15, -0.1) is 0 Å². The van der Waals surface area contributed by atoms with E-state index in [1.165, 1.54) is 70.6 Å². The number of nitrogens with zero attached hydrogens (tertiary/aromatic N) is 1. The van der Waals surface area contributed by atoms with Crippen molar-refractivity contribution in [2.75, 3.05) is 41.0 Å². The maximum absolute atomic E-state index is 12.5. The average molecular weight is 666 g/mol. The fourth-order valence-corrected chi connectivity index (χ4v) is 5.35. The lowest BCUT2D eigenvalue weighted by molar-refractivity contribution is -0.889. The summed E-state index contributed by atoms with van der Waals surface area (Å²) < 4.78 is 17.0. The summed E-state index contributed by atoms with van der Waals surface area (Å²) in [5, 5.41) is 11.5. The highest BCUT2D eigenvalue weighted by Crippen LogP contribution is 2.12. The first kappa shape index (κ1) is 44.8. The summed E-state index contributed by atoms with van der Waals surface area (Å²) in [6, 6.07) is -0.724. The summed E-state index contributed by atoms with van der Waals surface area (Å²) in [5.74, 6) is -1.78. The number of aliphatic carboxylic acids is 1. The van der Waals surface area contributed by atoms with Gasteiger partial charge in [0.2, 0.25) is 0 Å². The average Bonchev–Trinajstić information content (AvgIpc) is 3.01. The fourth-order valence-electron chi connectivity index (χ4n) is 5.35. The molecule has 0 saturated carbocycles. The summed E-state index contributed by atoms with van der Waals surface area (Å²) >= 11 is 0. The van der Waals surface area contributed by atoms with Gasteiger partial charge in [0.25, 0.3) is 0 Å². The molecule has 0 amide bonds. The van der Waals surface area contributed by atoms with Gasteiger partial charge in [-0.1, -0.05) is 122 Å². The third kappa shape index (κ3) is 29.7. The van der Waals surface area contributed by atoms with E-state index >= 15 is 0 Å². The topological polar surface area (TPSA) is 102 Å². The van der Waals surface area contributed by atoms with E-state index in [9.17, 15) is 19.5 Å². The van der Waals surface area contributed by atoms with Crippen molar-refractivity contribution in [2.24, 2.45) is 0 Å². The van der Waals surface area contributed by atoms with Crippen LogP contribution in [-0.4, -0.2) is 75.5 Å². The molecular formula is C39H71NO7. The van der Waals surface area contributed by atoms with Crippen molar-refractivity contribution in [1.82, 2.24) is 0 Å².